The zero-order valence-corrected chi connectivity index (χ0v) is 11.9. The number of thiocarbonyl (C=S) groups is 1. The highest BCUT2D eigenvalue weighted by Gasteiger charge is 2.00. The van der Waals surface area contributed by atoms with E-state index in [9.17, 15) is 0 Å². The first kappa shape index (κ1) is 15.7. The predicted octanol–water partition coefficient (Wildman–Crippen LogP) is 3.63. The number of hydrogen-bond acceptors (Lipinski definition) is 3. The fourth-order valence-electron chi connectivity index (χ4n) is 0.982. The molecule has 17 heavy (non-hydrogen) atoms. The first-order valence-corrected chi connectivity index (χ1v) is 6.10. The molecule has 0 fully saturated rings. The second-order valence-electron chi connectivity index (χ2n) is 3.64. The molecule has 0 amide bonds. The van der Waals surface area contributed by atoms with E-state index in [2.05, 4.69) is 28.8 Å². The van der Waals surface area contributed by atoms with Crippen LogP contribution in [0.15, 0.2) is 34.2 Å². The summed E-state index contributed by atoms with van der Waals surface area (Å²) in [6, 6.07) is 0. The van der Waals surface area contributed by atoms with Gasteiger partial charge in [-0.3, -0.25) is 4.99 Å². The van der Waals surface area contributed by atoms with Crippen molar-refractivity contribution < 1.29 is 0 Å². The monoisotopic (exact) mass is 251 g/mol. The summed E-state index contributed by atoms with van der Waals surface area (Å²) >= 11 is 5.09. The maximum atomic E-state index is 5.09. The second kappa shape index (κ2) is 8.82. The molecule has 0 radical (unpaired) electrons. The molecule has 0 aliphatic rings. The summed E-state index contributed by atoms with van der Waals surface area (Å²) in [5, 5.41) is 2.92. The molecule has 0 aliphatic heterocycles. The van der Waals surface area contributed by atoms with Gasteiger partial charge in [-0.2, -0.15) is 0 Å². The van der Waals surface area contributed by atoms with Crippen LogP contribution in [0.4, 0.5) is 0 Å². The van der Waals surface area contributed by atoms with E-state index in [0.717, 1.165) is 24.2 Å². The Hall–Kier alpha value is -1.29. The smallest absolute Gasteiger partial charge is 0.144 e. The van der Waals surface area contributed by atoms with E-state index in [-0.39, 0.29) is 0 Å². The summed E-state index contributed by atoms with van der Waals surface area (Å²) in [5.74, 6) is 0.651. The molecule has 0 rings (SSSR count). The second-order valence-corrected chi connectivity index (χ2v) is 4.25. The average Bonchev–Trinajstić information content (AvgIpc) is 2.28. The SMILES string of the molecule is C=CN\C(=N/C(C)=C(C)/N=C\CCC)C(C)=S. The molecule has 1 N–H and O–H groups in total. The van der Waals surface area contributed by atoms with Crippen LogP contribution in [0.5, 0.6) is 0 Å². The molecule has 0 spiro atoms. The number of hydrogen-bond donors (Lipinski definition) is 1. The lowest BCUT2D eigenvalue weighted by Crippen LogP contribution is -2.23. The molecule has 0 aromatic heterocycles. The molecule has 0 aliphatic carbocycles. The average molecular weight is 251 g/mol. The molecular formula is C13H21N3S. The Morgan fingerprint density at radius 1 is 1.29 bits per heavy atom. The van der Waals surface area contributed by atoms with E-state index in [4.69, 9.17) is 12.2 Å². The Morgan fingerprint density at radius 3 is 2.41 bits per heavy atom. The van der Waals surface area contributed by atoms with E-state index in [1.165, 1.54) is 0 Å². The Labute approximate surface area is 109 Å². The minimum Gasteiger partial charge on any atom is -0.346 e. The van der Waals surface area contributed by atoms with Crippen LogP contribution in [0, 0.1) is 0 Å². The summed E-state index contributed by atoms with van der Waals surface area (Å²) < 4.78 is 0. The maximum Gasteiger partial charge on any atom is 0.144 e. The van der Waals surface area contributed by atoms with Crippen molar-refractivity contribution in [2.24, 2.45) is 9.98 Å². The molecular weight excluding hydrogens is 230 g/mol. The third-order valence-corrected chi connectivity index (χ3v) is 2.27. The number of nitrogens with zero attached hydrogens (tertiary/aromatic N) is 2. The zero-order valence-electron chi connectivity index (χ0n) is 11.1. The van der Waals surface area contributed by atoms with Crippen LogP contribution in [0.3, 0.4) is 0 Å². The molecule has 0 unspecified atom stereocenters. The van der Waals surface area contributed by atoms with E-state index >= 15 is 0 Å². The van der Waals surface area contributed by atoms with Crippen molar-refractivity contribution in [2.45, 2.75) is 40.5 Å². The fraction of sp³-hybridized carbons (Fsp3) is 0.462. The summed E-state index contributed by atoms with van der Waals surface area (Å²) in [7, 11) is 0. The normalized spacial score (nSPS) is 13.5. The van der Waals surface area contributed by atoms with E-state index in [0.29, 0.717) is 10.7 Å². The largest absolute Gasteiger partial charge is 0.346 e. The van der Waals surface area contributed by atoms with Gasteiger partial charge in [-0.25, -0.2) is 4.99 Å². The van der Waals surface area contributed by atoms with E-state index in [1.807, 2.05) is 27.0 Å². The van der Waals surface area contributed by atoms with Gasteiger partial charge >= 0.3 is 0 Å². The van der Waals surface area contributed by atoms with E-state index < -0.39 is 0 Å². The summed E-state index contributed by atoms with van der Waals surface area (Å²) in [4.78, 5) is 9.44. The van der Waals surface area contributed by atoms with Gasteiger partial charge in [-0.1, -0.05) is 32.1 Å². The third kappa shape index (κ3) is 6.79. The van der Waals surface area contributed by atoms with Crippen molar-refractivity contribution >= 4 is 29.1 Å². The maximum absolute atomic E-state index is 5.09. The van der Waals surface area contributed by atoms with Crippen LogP contribution in [0.25, 0.3) is 0 Å². The third-order valence-electron chi connectivity index (χ3n) is 2.08. The van der Waals surface area contributed by atoms with Gasteiger partial charge in [0.25, 0.3) is 0 Å². The fourth-order valence-corrected chi connectivity index (χ4v) is 1.09. The molecule has 3 nitrogen and oxygen atoms in total. The van der Waals surface area contributed by atoms with Crippen LogP contribution in [0.2, 0.25) is 0 Å². The van der Waals surface area contributed by atoms with Crippen molar-refractivity contribution in [3.05, 3.63) is 24.2 Å². The Kier molecular flexibility index (Phi) is 8.15. The number of nitrogens with one attached hydrogen (secondary N) is 1. The van der Waals surface area contributed by atoms with Crippen molar-refractivity contribution in [2.75, 3.05) is 0 Å². The molecule has 0 atom stereocenters. The number of rotatable bonds is 6. The highest BCUT2D eigenvalue weighted by molar-refractivity contribution is 7.82. The molecule has 0 aromatic carbocycles. The predicted molar refractivity (Wildman–Crippen MR) is 80.8 cm³/mol. The van der Waals surface area contributed by atoms with Gasteiger partial charge < -0.3 is 5.32 Å². The lowest BCUT2D eigenvalue weighted by atomic mass is 10.3. The van der Waals surface area contributed by atoms with E-state index in [1.54, 1.807) is 6.20 Å². The number of unbranched alkanes of at least 4 members (excludes halogenated alkanes) is 1. The quantitative estimate of drug-likeness (QED) is 0.444. The van der Waals surface area contributed by atoms with Crippen molar-refractivity contribution in [1.29, 1.82) is 0 Å². The van der Waals surface area contributed by atoms with Crippen molar-refractivity contribution in [3.8, 4) is 0 Å². The molecule has 0 saturated heterocycles. The molecule has 0 heterocycles. The molecule has 0 bridgehead atoms. The first-order chi connectivity index (χ1) is 8.02. The van der Waals surface area contributed by atoms with Crippen LogP contribution in [0.1, 0.15) is 40.5 Å². The highest BCUT2D eigenvalue weighted by atomic mass is 32.1. The van der Waals surface area contributed by atoms with Crippen LogP contribution in [-0.2, 0) is 0 Å². The number of allylic oxidation sites excluding steroid dienone is 2. The van der Waals surface area contributed by atoms with Gasteiger partial charge in [0.1, 0.15) is 5.84 Å². The minimum atomic E-state index is 0.651. The van der Waals surface area contributed by atoms with Gasteiger partial charge in [0, 0.05) is 6.21 Å². The molecule has 4 heteroatoms. The van der Waals surface area contributed by atoms with Gasteiger partial charge in [0.15, 0.2) is 0 Å². The number of amidine groups is 1. The lowest BCUT2D eigenvalue weighted by Gasteiger charge is -2.05. The summed E-state index contributed by atoms with van der Waals surface area (Å²) in [6.07, 6.45) is 5.57. The summed E-state index contributed by atoms with van der Waals surface area (Å²) in [6.45, 7) is 11.4. The van der Waals surface area contributed by atoms with Crippen molar-refractivity contribution in [3.63, 3.8) is 0 Å². The molecule has 0 aromatic rings. The van der Waals surface area contributed by atoms with Gasteiger partial charge in [-0.05, 0) is 33.4 Å². The Balaban J connectivity index is 4.92. The van der Waals surface area contributed by atoms with Gasteiger partial charge in [0.2, 0.25) is 0 Å². The minimum absolute atomic E-state index is 0.651. The first-order valence-electron chi connectivity index (χ1n) is 5.70. The standard InChI is InChI=1S/C13H21N3S/c1-6-8-9-15-10(3)11(4)16-13(12(5)17)14-7-2/h7,9H,2,6,8H2,1,3-5H3,(H,14,16)/b11-10+,15-9-. The van der Waals surface area contributed by atoms with Crippen LogP contribution < -0.4 is 5.32 Å². The van der Waals surface area contributed by atoms with Crippen molar-refractivity contribution in [1.82, 2.24) is 5.32 Å². The topological polar surface area (TPSA) is 36.8 Å². The van der Waals surface area contributed by atoms with Crippen LogP contribution >= 0.6 is 12.2 Å². The Morgan fingerprint density at radius 2 is 1.94 bits per heavy atom. The zero-order chi connectivity index (χ0) is 13.3. The van der Waals surface area contributed by atoms with Gasteiger partial charge in [0.05, 0.1) is 16.3 Å². The lowest BCUT2D eigenvalue weighted by molar-refractivity contribution is 1.00. The molecule has 94 valence electrons. The number of aliphatic imine (C=N–C) groups is 2. The Bertz CT molecular complexity index is 365. The highest BCUT2D eigenvalue weighted by Crippen LogP contribution is 2.06. The van der Waals surface area contributed by atoms with Crippen LogP contribution in [-0.4, -0.2) is 16.9 Å². The molecule has 0 saturated carbocycles. The van der Waals surface area contributed by atoms with Gasteiger partial charge in [-0.15, -0.1) is 0 Å². The summed E-state index contributed by atoms with van der Waals surface area (Å²) in [5.41, 5.74) is 1.75.